The second-order valence-electron chi connectivity index (χ2n) is 12.1. The number of hydrogen-bond donors (Lipinski definition) is 9. The molecule has 3 aromatic rings. The van der Waals surface area contributed by atoms with Crippen LogP contribution in [0.25, 0.3) is 33.7 Å². The number of hydrogen-bond acceptors (Lipinski definition) is 19. The first-order valence-corrected chi connectivity index (χ1v) is 18.4. The second-order valence-corrected chi connectivity index (χ2v) is 15.1. The van der Waals surface area contributed by atoms with Crippen molar-refractivity contribution in [2.24, 2.45) is 0 Å². The summed E-state index contributed by atoms with van der Waals surface area (Å²) in [7, 11) is -11.0. The maximum absolute atomic E-state index is 13.4. The van der Waals surface area contributed by atoms with Crippen molar-refractivity contribution >= 4 is 43.7 Å². The van der Waals surface area contributed by atoms with Gasteiger partial charge in [-0.05, 0) is 37.1 Å². The molecule has 2 aromatic heterocycles. The molecule has 3 aliphatic rings. The Morgan fingerprint density at radius 2 is 1.72 bits per heavy atom. The van der Waals surface area contributed by atoms with Crippen molar-refractivity contribution in [3.8, 4) is 11.5 Å². The zero-order valence-corrected chi connectivity index (χ0v) is 29.3. The monoisotopic (exact) mass is 785 g/mol. The lowest BCUT2D eigenvalue weighted by Gasteiger charge is -2.27. The molecular formula is C27H33N9O15P2. The Hall–Kier alpha value is -4.13. The number of aromatic nitrogens is 8. The Bertz CT molecular complexity index is 2350. The van der Waals surface area contributed by atoms with Gasteiger partial charge in [0.15, 0.2) is 29.2 Å². The number of aromatic amines is 1. The van der Waals surface area contributed by atoms with Crippen LogP contribution < -0.4 is 17.0 Å². The van der Waals surface area contributed by atoms with Gasteiger partial charge in [-0.1, -0.05) is 0 Å². The Morgan fingerprint density at radius 1 is 1.00 bits per heavy atom. The van der Waals surface area contributed by atoms with E-state index in [9.17, 15) is 54.0 Å². The van der Waals surface area contributed by atoms with Gasteiger partial charge in [0.05, 0.1) is 37.1 Å². The summed E-state index contributed by atoms with van der Waals surface area (Å²) in [5, 5.41) is 53.8. The fraction of sp³-hybridized carbons (Fsp3) is 0.444. The molecular weight excluding hydrogens is 752 g/mol. The molecule has 8 unspecified atom stereocenters. The molecule has 1 fully saturated rings. The van der Waals surface area contributed by atoms with E-state index >= 15 is 0 Å². The minimum atomic E-state index is -5.64. The highest BCUT2D eigenvalue weighted by molar-refractivity contribution is 7.61. The number of aliphatic hydroxyl groups is 5. The summed E-state index contributed by atoms with van der Waals surface area (Å²) in [4.78, 5) is 65.4. The van der Waals surface area contributed by atoms with Crippen LogP contribution in [0, 0.1) is 13.8 Å². The number of rotatable bonds is 13. The van der Waals surface area contributed by atoms with Crippen LogP contribution in [0.2, 0.25) is 0 Å². The van der Waals surface area contributed by atoms with Crippen molar-refractivity contribution in [1.29, 1.82) is 0 Å². The molecule has 1 saturated heterocycles. The summed E-state index contributed by atoms with van der Waals surface area (Å²) in [6, 6.07) is 3.29. The van der Waals surface area contributed by atoms with Gasteiger partial charge in [-0.15, -0.1) is 0 Å². The minimum absolute atomic E-state index is 0.0175. The number of aryl methyl sites for hydroxylation is 2. The van der Waals surface area contributed by atoms with Gasteiger partial charge in [0.2, 0.25) is 0 Å². The van der Waals surface area contributed by atoms with Crippen molar-refractivity contribution in [3.05, 3.63) is 56.8 Å². The topological polar surface area (TPSA) is 363 Å². The number of fused-ring (bicyclic) bond motifs is 3. The van der Waals surface area contributed by atoms with Crippen molar-refractivity contribution in [2.75, 3.05) is 18.9 Å². The summed E-state index contributed by atoms with van der Waals surface area (Å²) >= 11 is 0. The van der Waals surface area contributed by atoms with Crippen LogP contribution in [0.15, 0.2) is 34.4 Å². The van der Waals surface area contributed by atoms with E-state index in [0.29, 0.717) is 5.52 Å². The van der Waals surface area contributed by atoms with Crippen LogP contribution in [0.1, 0.15) is 17.4 Å². The zero-order chi connectivity index (χ0) is 38.6. The number of nitrogen functional groups attached to an aromatic ring is 1. The molecule has 1 aromatic carbocycles. The molecule has 0 radical (unpaired) electrons. The highest BCUT2D eigenvalue weighted by atomic mass is 31.3. The smallest absolute Gasteiger partial charge is 0.388 e. The van der Waals surface area contributed by atoms with Crippen LogP contribution in [-0.4, -0.2) is 124 Å². The van der Waals surface area contributed by atoms with E-state index in [1.165, 1.54) is 15.5 Å². The van der Waals surface area contributed by atoms with E-state index in [1.54, 1.807) is 26.0 Å². The summed E-state index contributed by atoms with van der Waals surface area (Å²) < 4.78 is 47.3. The fourth-order valence-corrected chi connectivity index (χ4v) is 7.74. The minimum Gasteiger partial charge on any atom is -0.388 e. The Morgan fingerprint density at radius 3 is 2.43 bits per heavy atom. The first-order valence-electron chi connectivity index (χ1n) is 15.4. The van der Waals surface area contributed by atoms with Gasteiger partial charge in [0.1, 0.15) is 48.5 Å². The third kappa shape index (κ3) is 7.91. The van der Waals surface area contributed by atoms with Crippen LogP contribution in [-0.2, 0) is 33.8 Å². The van der Waals surface area contributed by atoms with Gasteiger partial charge in [-0.25, -0.2) is 33.9 Å². The highest BCUT2D eigenvalue weighted by Gasteiger charge is 2.47. The average Bonchev–Trinajstić information content (AvgIpc) is 3.63. The molecule has 0 saturated carbocycles. The van der Waals surface area contributed by atoms with Gasteiger partial charge in [-0.3, -0.25) is 23.4 Å². The third-order valence-electron chi connectivity index (χ3n) is 8.39. The zero-order valence-electron chi connectivity index (χ0n) is 27.5. The van der Waals surface area contributed by atoms with Crippen molar-refractivity contribution < 1.29 is 62.5 Å². The van der Waals surface area contributed by atoms with Crippen molar-refractivity contribution in [2.45, 2.75) is 63.2 Å². The molecule has 10 N–H and O–H groups in total. The molecule has 26 heteroatoms. The van der Waals surface area contributed by atoms with E-state index in [2.05, 4.69) is 29.2 Å². The number of phosphoric ester groups is 1. The summed E-state index contributed by atoms with van der Waals surface area (Å²) in [6.07, 6.45) is -10.1. The van der Waals surface area contributed by atoms with Crippen molar-refractivity contribution in [3.63, 3.8) is 0 Å². The van der Waals surface area contributed by atoms with Crippen LogP contribution in [0.4, 0.5) is 5.82 Å². The SMILES string of the molecule is Cc1cc2nc3c(=O)[nH]c(=O)nc-3n(CC(O)C(O)C(O)COP(=O)(OCC3OC(n4cnc5c(N)ncnc54)C(O)C3O)OP(=O)(O)O)c2cc1C. The molecule has 5 heterocycles. The van der Waals surface area contributed by atoms with Crippen LogP contribution >= 0.6 is 15.6 Å². The lowest BCUT2D eigenvalue weighted by molar-refractivity contribution is -0.0821. The number of aliphatic hydroxyl groups excluding tert-OH is 5. The largest absolute Gasteiger partial charge is 0.483 e. The van der Waals surface area contributed by atoms with Gasteiger partial charge in [0, 0.05) is 0 Å². The molecule has 0 spiro atoms. The Kier molecular flexibility index (Phi) is 10.6. The predicted molar refractivity (Wildman–Crippen MR) is 177 cm³/mol. The number of anilines is 1. The molecule has 286 valence electrons. The highest BCUT2D eigenvalue weighted by Crippen LogP contribution is 2.61. The molecule has 3 aliphatic heterocycles. The molecule has 53 heavy (non-hydrogen) atoms. The summed E-state index contributed by atoms with van der Waals surface area (Å²) in [5.74, 6) is -0.231. The molecule has 6 rings (SSSR count). The fourth-order valence-electron chi connectivity index (χ4n) is 5.58. The van der Waals surface area contributed by atoms with Crippen LogP contribution in [0.5, 0.6) is 0 Å². The number of nitrogens with two attached hydrogens (primary N) is 1. The number of ether oxygens (including phenoxy) is 1. The number of H-pyrrole nitrogens is 1. The van der Waals surface area contributed by atoms with Gasteiger partial charge in [-0.2, -0.15) is 9.29 Å². The molecule has 0 amide bonds. The number of nitrogens with one attached hydrogen (secondary N) is 1. The lowest BCUT2D eigenvalue weighted by atomic mass is 10.1. The number of phosphoric acid groups is 2. The number of benzene rings is 1. The Balaban J connectivity index is 1.16. The summed E-state index contributed by atoms with van der Waals surface area (Å²) in [6.45, 7) is 0.779. The van der Waals surface area contributed by atoms with Gasteiger partial charge >= 0.3 is 21.3 Å². The normalized spacial score (nSPS) is 22.4. The van der Waals surface area contributed by atoms with Gasteiger partial charge < -0.3 is 50.4 Å². The van der Waals surface area contributed by atoms with E-state index in [-0.39, 0.29) is 34.0 Å². The lowest BCUT2D eigenvalue weighted by Crippen LogP contribution is -2.42. The molecule has 8 atom stereocenters. The van der Waals surface area contributed by atoms with E-state index in [4.69, 9.17) is 19.5 Å². The first kappa shape index (κ1) is 38.6. The Labute approximate surface area is 295 Å². The molecule has 24 nitrogen and oxygen atoms in total. The van der Waals surface area contributed by atoms with Gasteiger partial charge in [0.25, 0.3) is 5.56 Å². The first-order chi connectivity index (χ1) is 24.9. The standard InChI is InChI=1S/C27H33N9O15P2/c1-10-3-12-13(4-11(10)2)35(24-18(32-12)25(42)34-27(43)33-24)5-14(37)19(39)15(38)6-48-53(47,51-52(44,45)46)49-7-16-20(40)21(41)26(50-16)36-9-31-17-22(28)29-8-30-23(17)36/h3-4,8-9,14-16,19-21,26,37-41H,5-7H2,1-2H3,(H2,28,29,30)(H,34,42,43)(H2,44,45,46). The number of nitrogens with zero attached hydrogens (tertiary/aromatic N) is 7. The second kappa shape index (κ2) is 14.6. The number of imidazole rings is 1. The maximum Gasteiger partial charge on any atom is 0.483 e. The van der Waals surface area contributed by atoms with Crippen molar-refractivity contribution in [1.82, 2.24) is 39.0 Å². The third-order valence-corrected chi connectivity index (χ3v) is 11.0. The molecule has 0 aliphatic carbocycles. The summed E-state index contributed by atoms with van der Waals surface area (Å²) in [5.41, 5.74) is 6.06. The van der Waals surface area contributed by atoms with E-state index in [1.807, 2.05) is 4.98 Å². The average molecular weight is 786 g/mol. The quantitative estimate of drug-likeness (QED) is 0.0443. The maximum atomic E-state index is 13.4. The predicted octanol–water partition coefficient (Wildman–Crippen LogP) is -2.42. The van der Waals surface area contributed by atoms with E-state index < -0.39 is 89.5 Å². The van der Waals surface area contributed by atoms with Crippen LogP contribution in [0.3, 0.4) is 0 Å². The molecule has 0 bridgehead atoms. The van der Waals surface area contributed by atoms with E-state index in [0.717, 1.165) is 17.5 Å².